The lowest BCUT2D eigenvalue weighted by atomic mass is 9.82. The zero-order valence-electron chi connectivity index (χ0n) is 17.5. The SMILES string of the molecule is O=C(O)c1cc2cc3c(cc2cc1C(=O)O)Cc1cc2cc(C(=O)O)c(C(=O)O)cc2cc1C3. The van der Waals surface area contributed by atoms with Crippen molar-refractivity contribution < 1.29 is 39.6 Å². The molecule has 0 unspecified atom stereocenters. The Bertz CT molecular complexity index is 1370. The van der Waals surface area contributed by atoms with E-state index < -0.39 is 23.9 Å². The van der Waals surface area contributed by atoms with Crippen molar-refractivity contribution in [2.24, 2.45) is 0 Å². The molecule has 4 aromatic carbocycles. The number of fused-ring (bicyclic) bond motifs is 4. The second-order valence-electron chi connectivity index (χ2n) is 8.31. The minimum absolute atomic E-state index is 0.280. The molecule has 0 bridgehead atoms. The first kappa shape index (κ1) is 21.1. The van der Waals surface area contributed by atoms with Crippen LogP contribution < -0.4 is 0 Å². The van der Waals surface area contributed by atoms with Crippen LogP contribution in [0.2, 0.25) is 0 Å². The van der Waals surface area contributed by atoms with Crippen LogP contribution in [0.25, 0.3) is 21.5 Å². The molecule has 0 fully saturated rings. The maximum Gasteiger partial charge on any atom is 0.336 e. The first-order valence-electron chi connectivity index (χ1n) is 10.2. The molecule has 0 atom stereocenters. The van der Waals surface area contributed by atoms with E-state index in [4.69, 9.17) is 0 Å². The minimum atomic E-state index is -1.32. The van der Waals surface area contributed by atoms with Crippen LogP contribution in [0.5, 0.6) is 0 Å². The highest BCUT2D eigenvalue weighted by atomic mass is 16.4. The highest BCUT2D eigenvalue weighted by molar-refractivity contribution is 6.07. The van der Waals surface area contributed by atoms with E-state index in [0.717, 1.165) is 22.3 Å². The van der Waals surface area contributed by atoms with Gasteiger partial charge in [0.15, 0.2) is 0 Å². The molecule has 0 spiro atoms. The lowest BCUT2D eigenvalue weighted by Gasteiger charge is -2.22. The van der Waals surface area contributed by atoms with Gasteiger partial charge in [-0.3, -0.25) is 0 Å². The van der Waals surface area contributed by atoms with Gasteiger partial charge in [0.2, 0.25) is 0 Å². The van der Waals surface area contributed by atoms with Crippen LogP contribution in [0.4, 0.5) is 0 Å². The fraction of sp³-hybridized carbons (Fsp3) is 0.0769. The smallest absolute Gasteiger partial charge is 0.336 e. The number of carboxylic acid groups (broad SMARTS) is 4. The van der Waals surface area contributed by atoms with Crippen LogP contribution in [0.15, 0.2) is 48.5 Å². The second-order valence-corrected chi connectivity index (χ2v) is 8.31. The second kappa shape index (κ2) is 7.41. The van der Waals surface area contributed by atoms with Crippen molar-refractivity contribution in [2.45, 2.75) is 12.8 Å². The Morgan fingerprint density at radius 1 is 0.412 bits per heavy atom. The Labute approximate surface area is 191 Å². The molecule has 1 aliphatic carbocycles. The highest BCUT2D eigenvalue weighted by Crippen LogP contribution is 2.34. The molecule has 4 N–H and O–H groups in total. The summed E-state index contributed by atoms with van der Waals surface area (Å²) in [6.45, 7) is 0. The third kappa shape index (κ3) is 3.32. The zero-order valence-corrected chi connectivity index (χ0v) is 17.5. The average molecular weight is 456 g/mol. The van der Waals surface area contributed by atoms with Crippen molar-refractivity contribution in [3.63, 3.8) is 0 Å². The van der Waals surface area contributed by atoms with Gasteiger partial charge in [-0.15, -0.1) is 0 Å². The molecule has 0 radical (unpaired) electrons. The van der Waals surface area contributed by atoms with Gasteiger partial charge in [0, 0.05) is 0 Å². The number of hydrogen-bond donors (Lipinski definition) is 4. The Morgan fingerprint density at radius 3 is 0.794 bits per heavy atom. The van der Waals surface area contributed by atoms with E-state index in [1.165, 1.54) is 24.3 Å². The van der Waals surface area contributed by atoms with Crippen molar-refractivity contribution in [3.05, 3.63) is 93.0 Å². The molecule has 168 valence electrons. The van der Waals surface area contributed by atoms with Gasteiger partial charge in [0.05, 0.1) is 22.3 Å². The van der Waals surface area contributed by atoms with Gasteiger partial charge in [-0.1, -0.05) is 24.3 Å². The van der Waals surface area contributed by atoms with Crippen molar-refractivity contribution in [3.8, 4) is 0 Å². The van der Waals surface area contributed by atoms with E-state index in [0.29, 0.717) is 34.4 Å². The fourth-order valence-electron chi connectivity index (χ4n) is 4.66. The van der Waals surface area contributed by atoms with E-state index >= 15 is 0 Å². The zero-order chi connectivity index (χ0) is 24.3. The van der Waals surface area contributed by atoms with Gasteiger partial charge in [0.1, 0.15) is 0 Å². The van der Waals surface area contributed by atoms with Gasteiger partial charge in [-0.05, 0) is 80.9 Å². The number of benzene rings is 4. The normalized spacial score (nSPS) is 12.2. The predicted octanol–water partition coefficient (Wildman–Crippen LogP) is 4.28. The first-order chi connectivity index (χ1) is 16.1. The molecule has 4 aromatic rings. The summed E-state index contributed by atoms with van der Waals surface area (Å²) in [6, 6.07) is 12.9. The van der Waals surface area contributed by atoms with Crippen LogP contribution >= 0.6 is 0 Å². The quantitative estimate of drug-likeness (QED) is 0.313. The van der Waals surface area contributed by atoms with Crippen LogP contribution in [0, 0.1) is 0 Å². The highest BCUT2D eigenvalue weighted by Gasteiger charge is 2.22. The maximum absolute atomic E-state index is 11.5. The van der Waals surface area contributed by atoms with Crippen molar-refractivity contribution in [2.75, 3.05) is 0 Å². The Kier molecular flexibility index (Phi) is 4.61. The summed E-state index contributed by atoms with van der Waals surface area (Å²) in [5.41, 5.74) is 2.71. The van der Waals surface area contributed by atoms with Gasteiger partial charge < -0.3 is 20.4 Å². The van der Waals surface area contributed by atoms with Gasteiger partial charge >= 0.3 is 23.9 Å². The molecule has 0 saturated heterocycles. The molecule has 8 heteroatoms. The molecule has 34 heavy (non-hydrogen) atoms. The predicted molar refractivity (Wildman–Crippen MR) is 121 cm³/mol. The maximum atomic E-state index is 11.5. The van der Waals surface area contributed by atoms with Crippen LogP contribution in [-0.4, -0.2) is 44.3 Å². The molecule has 1 aliphatic rings. The van der Waals surface area contributed by atoms with E-state index in [9.17, 15) is 39.6 Å². The molecular weight excluding hydrogens is 440 g/mol. The Morgan fingerprint density at radius 2 is 0.618 bits per heavy atom. The third-order valence-electron chi connectivity index (χ3n) is 6.27. The summed E-state index contributed by atoms with van der Waals surface area (Å²) >= 11 is 0. The van der Waals surface area contributed by atoms with Crippen LogP contribution in [0.3, 0.4) is 0 Å². The average Bonchev–Trinajstić information content (AvgIpc) is 2.78. The van der Waals surface area contributed by atoms with Gasteiger partial charge in [-0.25, -0.2) is 19.2 Å². The summed E-state index contributed by atoms with van der Waals surface area (Å²) in [6.07, 6.45) is 1.03. The number of aromatic carboxylic acids is 4. The van der Waals surface area contributed by atoms with Gasteiger partial charge in [-0.2, -0.15) is 0 Å². The summed E-state index contributed by atoms with van der Waals surface area (Å²) in [5.74, 6) is -5.26. The minimum Gasteiger partial charge on any atom is -0.478 e. The number of carboxylic acids is 4. The molecule has 0 aliphatic heterocycles. The molecule has 8 nitrogen and oxygen atoms in total. The number of hydrogen-bond acceptors (Lipinski definition) is 4. The molecule has 0 heterocycles. The molecule has 0 saturated carbocycles. The summed E-state index contributed by atoms with van der Waals surface area (Å²) < 4.78 is 0. The number of rotatable bonds is 4. The van der Waals surface area contributed by atoms with Crippen molar-refractivity contribution in [1.29, 1.82) is 0 Å². The summed E-state index contributed by atoms with van der Waals surface area (Å²) in [4.78, 5) is 46.2. The first-order valence-corrected chi connectivity index (χ1v) is 10.2. The number of carbonyl (C=O) groups is 4. The third-order valence-corrected chi connectivity index (χ3v) is 6.27. The van der Waals surface area contributed by atoms with Crippen LogP contribution in [0.1, 0.15) is 63.7 Å². The monoisotopic (exact) mass is 456 g/mol. The molecule has 0 amide bonds. The lowest BCUT2D eigenvalue weighted by molar-refractivity contribution is 0.0652. The Balaban J connectivity index is 1.65. The van der Waals surface area contributed by atoms with E-state index in [2.05, 4.69) is 0 Å². The fourth-order valence-corrected chi connectivity index (χ4v) is 4.66. The standard InChI is InChI=1S/C26H16O8/c27-23(28)19-7-15-3-11-1-12-4-16-8-20(24(29)30)22(26(33)34)10-18(16)6-14(12)2-13(11)5-17(15)9-21(19)25(31)32/h3-10H,1-2H2,(H,27,28)(H,29,30)(H,31,32)(H,33,34). The van der Waals surface area contributed by atoms with Crippen molar-refractivity contribution >= 4 is 45.4 Å². The Hall–Kier alpha value is -4.72. The molecular formula is C26H16O8. The van der Waals surface area contributed by atoms with Crippen molar-refractivity contribution in [1.82, 2.24) is 0 Å². The van der Waals surface area contributed by atoms with E-state index in [-0.39, 0.29) is 22.3 Å². The topological polar surface area (TPSA) is 149 Å². The summed E-state index contributed by atoms with van der Waals surface area (Å²) in [7, 11) is 0. The largest absolute Gasteiger partial charge is 0.478 e. The van der Waals surface area contributed by atoms with Gasteiger partial charge in [0.25, 0.3) is 0 Å². The lowest BCUT2D eigenvalue weighted by Crippen LogP contribution is -2.11. The van der Waals surface area contributed by atoms with E-state index in [1.807, 2.05) is 24.3 Å². The summed E-state index contributed by atoms with van der Waals surface area (Å²) in [5, 5.41) is 40.1. The molecule has 0 aromatic heterocycles. The van der Waals surface area contributed by atoms with E-state index in [1.54, 1.807) is 0 Å². The van der Waals surface area contributed by atoms with Crippen LogP contribution in [-0.2, 0) is 12.8 Å². The molecule has 5 rings (SSSR count).